The van der Waals surface area contributed by atoms with Gasteiger partial charge in [-0.15, -0.1) is 0 Å². The van der Waals surface area contributed by atoms with E-state index in [1.54, 1.807) is 12.1 Å². The first-order valence-corrected chi connectivity index (χ1v) is 6.93. The first kappa shape index (κ1) is 15.1. The zero-order valence-corrected chi connectivity index (χ0v) is 12.8. The van der Waals surface area contributed by atoms with Crippen molar-refractivity contribution in [2.24, 2.45) is 0 Å². The summed E-state index contributed by atoms with van der Waals surface area (Å²) in [7, 11) is 2.00. The van der Waals surface area contributed by atoms with Crippen molar-refractivity contribution in [3.05, 3.63) is 51.7 Å². The van der Waals surface area contributed by atoms with E-state index in [0.29, 0.717) is 5.75 Å². The SMILES string of the molecule is Cc1cc([N+](=O)[O-])c(OC(C)C)cc1C1=CCN(C)C=C1. The Labute approximate surface area is 124 Å². The number of hydrogen-bond donors (Lipinski definition) is 0. The Morgan fingerprint density at radius 3 is 2.62 bits per heavy atom. The Morgan fingerprint density at radius 1 is 1.38 bits per heavy atom. The summed E-state index contributed by atoms with van der Waals surface area (Å²) in [4.78, 5) is 12.8. The van der Waals surface area contributed by atoms with Crippen LogP contribution in [0.5, 0.6) is 5.75 Å². The van der Waals surface area contributed by atoms with Gasteiger partial charge in [-0.2, -0.15) is 0 Å². The van der Waals surface area contributed by atoms with Crippen molar-refractivity contribution in [2.75, 3.05) is 13.6 Å². The molecule has 0 N–H and O–H groups in total. The van der Waals surface area contributed by atoms with Gasteiger partial charge in [-0.1, -0.05) is 6.08 Å². The maximum absolute atomic E-state index is 11.2. The van der Waals surface area contributed by atoms with Crippen LogP contribution in [0.3, 0.4) is 0 Å². The average molecular weight is 288 g/mol. The van der Waals surface area contributed by atoms with Gasteiger partial charge < -0.3 is 9.64 Å². The largest absolute Gasteiger partial charge is 0.484 e. The summed E-state index contributed by atoms with van der Waals surface area (Å²) in [5.41, 5.74) is 2.93. The lowest BCUT2D eigenvalue weighted by atomic mass is 9.97. The highest BCUT2D eigenvalue weighted by Crippen LogP contribution is 2.35. The molecule has 21 heavy (non-hydrogen) atoms. The molecule has 1 aromatic rings. The van der Waals surface area contributed by atoms with Crippen LogP contribution in [0.2, 0.25) is 0 Å². The highest BCUT2D eigenvalue weighted by Gasteiger charge is 2.20. The molecule has 5 heteroatoms. The number of benzene rings is 1. The van der Waals surface area contributed by atoms with Crippen molar-refractivity contribution in [3.8, 4) is 5.75 Å². The van der Waals surface area contributed by atoms with Crippen molar-refractivity contribution in [1.82, 2.24) is 4.90 Å². The van der Waals surface area contributed by atoms with E-state index in [9.17, 15) is 10.1 Å². The van der Waals surface area contributed by atoms with Crippen molar-refractivity contribution < 1.29 is 9.66 Å². The third-order valence-electron chi connectivity index (χ3n) is 3.28. The molecule has 0 saturated heterocycles. The molecule has 1 aliphatic rings. The van der Waals surface area contributed by atoms with Crippen LogP contribution in [0.4, 0.5) is 5.69 Å². The van der Waals surface area contributed by atoms with E-state index in [-0.39, 0.29) is 11.8 Å². The molecule has 0 radical (unpaired) electrons. The Hall–Kier alpha value is -2.30. The highest BCUT2D eigenvalue weighted by atomic mass is 16.6. The van der Waals surface area contributed by atoms with Gasteiger partial charge in [0.25, 0.3) is 0 Å². The van der Waals surface area contributed by atoms with Crippen LogP contribution in [0.25, 0.3) is 5.57 Å². The number of nitro benzene ring substituents is 1. The second-order valence-electron chi connectivity index (χ2n) is 5.47. The second kappa shape index (κ2) is 5.99. The van der Waals surface area contributed by atoms with Crippen LogP contribution in [-0.4, -0.2) is 29.5 Å². The number of nitrogens with zero attached hydrogens (tertiary/aromatic N) is 2. The van der Waals surface area contributed by atoms with Gasteiger partial charge >= 0.3 is 5.69 Å². The summed E-state index contributed by atoms with van der Waals surface area (Å²) in [5, 5.41) is 11.2. The van der Waals surface area contributed by atoms with Gasteiger partial charge in [-0.05, 0) is 55.8 Å². The minimum atomic E-state index is -0.395. The summed E-state index contributed by atoms with van der Waals surface area (Å²) in [6.07, 6.45) is 6.00. The molecule has 112 valence electrons. The lowest BCUT2D eigenvalue weighted by Crippen LogP contribution is -2.13. The molecule has 0 amide bonds. The summed E-state index contributed by atoms with van der Waals surface area (Å²) in [6.45, 7) is 6.42. The summed E-state index contributed by atoms with van der Waals surface area (Å²) < 4.78 is 5.61. The lowest BCUT2D eigenvalue weighted by molar-refractivity contribution is -0.386. The summed E-state index contributed by atoms with van der Waals surface area (Å²) in [5.74, 6) is 0.323. The Kier molecular flexibility index (Phi) is 4.31. The predicted molar refractivity (Wildman–Crippen MR) is 83.3 cm³/mol. The van der Waals surface area contributed by atoms with E-state index in [4.69, 9.17) is 4.74 Å². The van der Waals surface area contributed by atoms with Gasteiger partial charge in [0.15, 0.2) is 5.75 Å². The molecule has 0 unspecified atom stereocenters. The van der Waals surface area contributed by atoms with Gasteiger partial charge in [-0.25, -0.2) is 0 Å². The first-order chi connectivity index (χ1) is 9.88. The molecule has 0 saturated carbocycles. The number of aryl methyl sites for hydroxylation is 1. The highest BCUT2D eigenvalue weighted by molar-refractivity contribution is 5.79. The monoisotopic (exact) mass is 288 g/mol. The van der Waals surface area contributed by atoms with Gasteiger partial charge in [0.1, 0.15) is 0 Å². The molecule has 1 aromatic carbocycles. The summed E-state index contributed by atoms with van der Waals surface area (Å²) >= 11 is 0. The third kappa shape index (κ3) is 3.42. The average Bonchev–Trinajstić information content (AvgIpc) is 2.40. The van der Waals surface area contributed by atoms with Crippen LogP contribution in [-0.2, 0) is 0 Å². The van der Waals surface area contributed by atoms with Crippen LogP contribution in [0.15, 0.2) is 30.5 Å². The molecule has 5 nitrogen and oxygen atoms in total. The van der Waals surface area contributed by atoms with E-state index in [1.807, 2.05) is 40.1 Å². The second-order valence-corrected chi connectivity index (χ2v) is 5.47. The molecule has 0 aliphatic carbocycles. The van der Waals surface area contributed by atoms with Crippen LogP contribution in [0.1, 0.15) is 25.0 Å². The van der Waals surface area contributed by atoms with Gasteiger partial charge in [-0.3, -0.25) is 10.1 Å². The van der Waals surface area contributed by atoms with Crippen LogP contribution in [0, 0.1) is 17.0 Å². The number of likely N-dealkylation sites (N-methyl/N-ethyl adjacent to an activating group) is 1. The topological polar surface area (TPSA) is 55.6 Å². The quantitative estimate of drug-likeness (QED) is 0.628. The molecule has 1 heterocycles. The van der Waals surface area contributed by atoms with Crippen molar-refractivity contribution in [2.45, 2.75) is 26.9 Å². The molecule has 0 spiro atoms. The van der Waals surface area contributed by atoms with Crippen molar-refractivity contribution >= 4 is 11.3 Å². The smallest absolute Gasteiger partial charge is 0.311 e. The zero-order valence-electron chi connectivity index (χ0n) is 12.8. The lowest BCUT2D eigenvalue weighted by Gasteiger charge is -2.19. The number of nitro groups is 1. The first-order valence-electron chi connectivity index (χ1n) is 6.93. The van der Waals surface area contributed by atoms with Crippen molar-refractivity contribution in [1.29, 1.82) is 0 Å². The molecule has 0 aromatic heterocycles. The van der Waals surface area contributed by atoms with Gasteiger partial charge in [0, 0.05) is 19.7 Å². The van der Waals surface area contributed by atoms with Gasteiger partial charge in [0.2, 0.25) is 0 Å². The molecular weight excluding hydrogens is 268 g/mol. The normalized spacial score (nSPS) is 14.3. The predicted octanol–water partition coefficient (Wildman–Crippen LogP) is 3.53. The molecule has 0 bridgehead atoms. The molecule has 2 rings (SSSR count). The molecular formula is C16H20N2O3. The standard InChI is InChI=1S/C16H20N2O3/c1-11(2)21-16-10-14(12(3)9-15(16)18(19)20)13-5-7-17(4)8-6-13/h5-7,9-11H,8H2,1-4H3. The maximum atomic E-state index is 11.2. The molecule has 1 aliphatic heterocycles. The minimum absolute atomic E-state index is 0.0162. The fraction of sp³-hybridized carbons (Fsp3) is 0.375. The Bertz CT molecular complexity index is 618. The van der Waals surface area contributed by atoms with E-state index in [1.165, 1.54) is 0 Å². The van der Waals surface area contributed by atoms with Crippen LogP contribution < -0.4 is 4.74 Å². The number of rotatable bonds is 4. The van der Waals surface area contributed by atoms with E-state index in [2.05, 4.69) is 11.0 Å². The number of ether oxygens (including phenoxy) is 1. The third-order valence-corrected chi connectivity index (χ3v) is 3.28. The van der Waals surface area contributed by atoms with E-state index in [0.717, 1.165) is 23.2 Å². The fourth-order valence-electron chi connectivity index (χ4n) is 2.25. The molecule has 0 atom stereocenters. The van der Waals surface area contributed by atoms with E-state index >= 15 is 0 Å². The number of allylic oxidation sites excluding steroid dienone is 2. The summed E-state index contributed by atoms with van der Waals surface area (Å²) in [6, 6.07) is 3.36. The number of hydrogen-bond acceptors (Lipinski definition) is 4. The van der Waals surface area contributed by atoms with E-state index < -0.39 is 4.92 Å². The van der Waals surface area contributed by atoms with Gasteiger partial charge in [0.05, 0.1) is 11.0 Å². The maximum Gasteiger partial charge on any atom is 0.311 e. The molecule has 0 fully saturated rings. The Morgan fingerprint density at radius 2 is 2.10 bits per heavy atom. The zero-order chi connectivity index (χ0) is 15.6. The fourth-order valence-corrected chi connectivity index (χ4v) is 2.25. The Balaban J connectivity index is 2.48. The minimum Gasteiger partial charge on any atom is -0.484 e. The van der Waals surface area contributed by atoms with Crippen molar-refractivity contribution in [3.63, 3.8) is 0 Å². The van der Waals surface area contributed by atoms with Crippen LogP contribution >= 0.6 is 0 Å².